The molecule has 1 saturated heterocycles. The molecule has 1 atom stereocenters. The Morgan fingerprint density at radius 2 is 2.23 bits per heavy atom. The number of fused-ring (bicyclic) bond motifs is 1. The number of carbonyl (C=O) groups is 1. The predicted molar refractivity (Wildman–Crippen MR) is 84.7 cm³/mol. The summed E-state index contributed by atoms with van der Waals surface area (Å²) < 4.78 is 0. The van der Waals surface area contributed by atoms with Crippen LogP contribution in [0.25, 0.3) is 0 Å². The summed E-state index contributed by atoms with van der Waals surface area (Å²) in [5, 5.41) is 9.10. The molecule has 1 aliphatic heterocycles. The Morgan fingerprint density at radius 3 is 3.05 bits per heavy atom. The van der Waals surface area contributed by atoms with Crippen molar-refractivity contribution >= 4 is 23.3 Å². The van der Waals surface area contributed by atoms with E-state index in [1.54, 1.807) is 6.07 Å². The van der Waals surface area contributed by atoms with Crippen molar-refractivity contribution in [2.75, 3.05) is 11.4 Å². The molecule has 3 heterocycles. The molecule has 1 unspecified atom stereocenters. The lowest BCUT2D eigenvalue weighted by Crippen LogP contribution is -2.24. The summed E-state index contributed by atoms with van der Waals surface area (Å²) in [4.78, 5) is 24.1. The first-order chi connectivity index (χ1) is 10.7. The highest BCUT2D eigenvalue weighted by molar-refractivity contribution is 7.14. The largest absolute Gasteiger partial charge is 0.477 e. The lowest BCUT2D eigenvalue weighted by atomic mass is 10.2. The van der Waals surface area contributed by atoms with Crippen molar-refractivity contribution in [3.8, 4) is 0 Å². The van der Waals surface area contributed by atoms with Gasteiger partial charge in [-0.05, 0) is 49.8 Å². The molecule has 1 aliphatic carbocycles. The Balaban J connectivity index is 1.64. The smallest absolute Gasteiger partial charge is 0.345 e. The number of nitrogens with zero attached hydrogens (tertiary/aromatic N) is 3. The number of aromatic carboxylic acids is 1. The summed E-state index contributed by atoms with van der Waals surface area (Å²) in [6.45, 7) is 0.934. The van der Waals surface area contributed by atoms with Gasteiger partial charge in [0.15, 0.2) is 0 Å². The molecule has 0 amide bonds. The Labute approximate surface area is 132 Å². The zero-order valence-electron chi connectivity index (χ0n) is 12.2. The molecule has 114 valence electrons. The molecule has 0 bridgehead atoms. The third-order valence-electron chi connectivity index (χ3n) is 4.48. The molecule has 4 rings (SSSR count). The van der Waals surface area contributed by atoms with Crippen molar-refractivity contribution < 1.29 is 9.90 Å². The summed E-state index contributed by atoms with van der Waals surface area (Å²) in [5.41, 5.74) is 2.47. The van der Waals surface area contributed by atoms with Crippen LogP contribution in [0.5, 0.6) is 0 Å². The van der Waals surface area contributed by atoms with E-state index in [0.29, 0.717) is 4.88 Å². The number of aromatic nitrogens is 2. The Morgan fingerprint density at radius 1 is 1.32 bits per heavy atom. The summed E-state index contributed by atoms with van der Waals surface area (Å²) >= 11 is 1.37. The third kappa shape index (κ3) is 2.27. The van der Waals surface area contributed by atoms with Crippen LogP contribution in [0.4, 0.5) is 5.95 Å². The molecular formula is C16H17N3O2S. The molecule has 0 aromatic carbocycles. The molecule has 1 N–H and O–H groups in total. The average Bonchev–Trinajstić information content (AvgIpc) is 3.25. The molecule has 22 heavy (non-hydrogen) atoms. The minimum absolute atomic E-state index is 0.206. The van der Waals surface area contributed by atoms with Crippen LogP contribution in [0.15, 0.2) is 18.3 Å². The molecule has 6 heteroatoms. The lowest BCUT2D eigenvalue weighted by molar-refractivity contribution is 0.0702. The van der Waals surface area contributed by atoms with Gasteiger partial charge in [-0.2, -0.15) is 0 Å². The van der Waals surface area contributed by atoms with Gasteiger partial charge in [-0.1, -0.05) is 0 Å². The third-order valence-corrected chi connectivity index (χ3v) is 5.65. The van der Waals surface area contributed by atoms with Crippen LogP contribution in [0, 0.1) is 0 Å². The first-order valence-electron chi connectivity index (χ1n) is 7.67. The monoisotopic (exact) mass is 315 g/mol. The number of anilines is 1. The standard InChI is InChI=1S/C16H17N3O2S/c20-15(21)14-7-6-13(22-14)12-5-2-8-19(12)16-17-9-10-3-1-4-11(10)18-16/h6-7,9,12H,1-5,8H2,(H,20,21). The van der Waals surface area contributed by atoms with Crippen LogP contribution in [0.1, 0.15) is 51.1 Å². The van der Waals surface area contributed by atoms with Crippen molar-refractivity contribution in [2.24, 2.45) is 0 Å². The van der Waals surface area contributed by atoms with Crippen molar-refractivity contribution in [3.05, 3.63) is 39.3 Å². The molecule has 2 aromatic heterocycles. The normalized spacial score (nSPS) is 20.4. The molecule has 0 saturated carbocycles. The van der Waals surface area contributed by atoms with Crippen molar-refractivity contribution in [2.45, 2.75) is 38.1 Å². The van der Waals surface area contributed by atoms with E-state index in [1.807, 2.05) is 12.3 Å². The average molecular weight is 315 g/mol. The van der Waals surface area contributed by atoms with Crippen LogP contribution in [-0.4, -0.2) is 27.6 Å². The van der Waals surface area contributed by atoms with Gasteiger partial charge in [0.2, 0.25) is 5.95 Å². The molecule has 5 nitrogen and oxygen atoms in total. The summed E-state index contributed by atoms with van der Waals surface area (Å²) in [6, 6.07) is 3.84. The number of thiophene rings is 1. The van der Waals surface area contributed by atoms with E-state index in [9.17, 15) is 4.79 Å². The first kappa shape index (κ1) is 13.7. The van der Waals surface area contributed by atoms with Crippen LogP contribution in [0.2, 0.25) is 0 Å². The second-order valence-electron chi connectivity index (χ2n) is 5.85. The fourth-order valence-electron chi connectivity index (χ4n) is 3.39. The van der Waals surface area contributed by atoms with Crippen molar-refractivity contribution in [1.29, 1.82) is 0 Å². The molecule has 0 spiro atoms. The zero-order chi connectivity index (χ0) is 15.1. The van der Waals surface area contributed by atoms with E-state index < -0.39 is 5.97 Å². The van der Waals surface area contributed by atoms with Gasteiger partial charge in [0.05, 0.1) is 6.04 Å². The quantitative estimate of drug-likeness (QED) is 0.943. The van der Waals surface area contributed by atoms with E-state index in [1.165, 1.54) is 29.0 Å². The second kappa shape index (κ2) is 5.35. The fourth-order valence-corrected chi connectivity index (χ4v) is 4.38. The van der Waals surface area contributed by atoms with Gasteiger partial charge < -0.3 is 10.0 Å². The highest BCUT2D eigenvalue weighted by Gasteiger charge is 2.30. The Hall–Kier alpha value is -1.95. The lowest BCUT2D eigenvalue weighted by Gasteiger charge is -2.24. The molecule has 0 radical (unpaired) electrons. The highest BCUT2D eigenvalue weighted by Crippen LogP contribution is 2.38. The van der Waals surface area contributed by atoms with Gasteiger partial charge in [0.1, 0.15) is 4.88 Å². The number of hydrogen-bond acceptors (Lipinski definition) is 5. The van der Waals surface area contributed by atoms with Crippen molar-refractivity contribution in [3.63, 3.8) is 0 Å². The van der Waals surface area contributed by atoms with E-state index >= 15 is 0 Å². The summed E-state index contributed by atoms with van der Waals surface area (Å²) in [7, 11) is 0. The van der Waals surface area contributed by atoms with E-state index in [2.05, 4.69) is 9.88 Å². The van der Waals surface area contributed by atoms with Gasteiger partial charge in [-0.25, -0.2) is 14.8 Å². The fraction of sp³-hybridized carbons (Fsp3) is 0.438. The predicted octanol–water partition coefficient (Wildman–Crippen LogP) is 3.07. The number of hydrogen-bond donors (Lipinski definition) is 1. The molecule has 2 aromatic rings. The maximum Gasteiger partial charge on any atom is 0.345 e. The molecule has 2 aliphatic rings. The number of carboxylic acids is 1. The Bertz CT molecular complexity index is 728. The van der Waals surface area contributed by atoms with Gasteiger partial charge in [0, 0.05) is 23.3 Å². The molecule has 1 fully saturated rings. The minimum atomic E-state index is -0.852. The SMILES string of the molecule is O=C(O)c1ccc(C2CCCN2c2ncc3c(n2)CCC3)s1. The second-order valence-corrected chi connectivity index (χ2v) is 6.97. The van der Waals surface area contributed by atoms with Gasteiger partial charge in [-0.15, -0.1) is 11.3 Å². The zero-order valence-corrected chi connectivity index (χ0v) is 13.0. The summed E-state index contributed by atoms with van der Waals surface area (Å²) in [5.74, 6) is -0.0528. The van der Waals surface area contributed by atoms with Crippen LogP contribution >= 0.6 is 11.3 Å². The van der Waals surface area contributed by atoms with E-state index in [0.717, 1.165) is 43.1 Å². The number of rotatable bonds is 3. The van der Waals surface area contributed by atoms with Crippen molar-refractivity contribution in [1.82, 2.24) is 9.97 Å². The maximum atomic E-state index is 11.1. The van der Waals surface area contributed by atoms with E-state index in [4.69, 9.17) is 10.1 Å². The molecular weight excluding hydrogens is 298 g/mol. The van der Waals surface area contributed by atoms with Crippen LogP contribution < -0.4 is 4.90 Å². The maximum absolute atomic E-state index is 11.1. The first-order valence-corrected chi connectivity index (χ1v) is 8.48. The van der Waals surface area contributed by atoms with E-state index in [-0.39, 0.29) is 6.04 Å². The van der Waals surface area contributed by atoms with Crippen LogP contribution in [0.3, 0.4) is 0 Å². The number of carboxylic acid groups (broad SMARTS) is 1. The number of aryl methyl sites for hydroxylation is 2. The van der Waals surface area contributed by atoms with Crippen LogP contribution in [-0.2, 0) is 12.8 Å². The Kier molecular flexibility index (Phi) is 3.33. The van der Waals surface area contributed by atoms with Gasteiger partial charge in [-0.3, -0.25) is 0 Å². The summed E-state index contributed by atoms with van der Waals surface area (Å²) in [6.07, 6.45) is 7.39. The highest BCUT2D eigenvalue weighted by atomic mass is 32.1. The topological polar surface area (TPSA) is 66.3 Å². The van der Waals surface area contributed by atoms with Gasteiger partial charge in [0.25, 0.3) is 0 Å². The minimum Gasteiger partial charge on any atom is -0.477 e. The van der Waals surface area contributed by atoms with Gasteiger partial charge >= 0.3 is 5.97 Å².